The number of nitrogens with zero attached hydrogens (tertiary/aromatic N) is 3. The van der Waals surface area contributed by atoms with Crippen LogP contribution in [0.3, 0.4) is 0 Å². The molecule has 0 spiro atoms. The first-order valence-corrected chi connectivity index (χ1v) is 4.80. The highest BCUT2D eigenvalue weighted by atomic mass is 16.1. The van der Waals surface area contributed by atoms with Gasteiger partial charge in [-0.1, -0.05) is 6.92 Å². The maximum Gasteiger partial charge on any atom is 0.265 e. The SMILES string of the molecule is CCc1nn(C)c2nc(N)[nH]c(=O)c2c1=O. The van der Waals surface area contributed by atoms with Gasteiger partial charge in [-0.2, -0.15) is 10.1 Å². The zero-order chi connectivity index (χ0) is 11.9. The molecule has 0 saturated carbocycles. The predicted molar refractivity (Wildman–Crippen MR) is 59.2 cm³/mol. The summed E-state index contributed by atoms with van der Waals surface area (Å²) >= 11 is 0. The zero-order valence-electron chi connectivity index (χ0n) is 8.94. The van der Waals surface area contributed by atoms with Gasteiger partial charge < -0.3 is 5.73 Å². The van der Waals surface area contributed by atoms with Crippen molar-refractivity contribution in [2.45, 2.75) is 13.3 Å². The summed E-state index contributed by atoms with van der Waals surface area (Å²) < 4.78 is 1.39. The lowest BCUT2D eigenvalue weighted by molar-refractivity contribution is 0.725. The number of hydrogen-bond donors (Lipinski definition) is 2. The van der Waals surface area contributed by atoms with Gasteiger partial charge in [0.15, 0.2) is 5.65 Å². The Bertz CT molecular complexity index is 670. The first kappa shape index (κ1) is 10.3. The van der Waals surface area contributed by atoms with Crippen molar-refractivity contribution in [3.05, 3.63) is 26.3 Å². The Labute approximate surface area is 89.9 Å². The molecular weight excluding hydrogens is 210 g/mol. The summed E-state index contributed by atoms with van der Waals surface area (Å²) in [6.45, 7) is 1.80. The van der Waals surface area contributed by atoms with Crippen LogP contribution in [0.4, 0.5) is 5.95 Å². The van der Waals surface area contributed by atoms with Gasteiger partial charge in [-0.25, -0.2) is 4.68 Å². The molecule has 0 aliphatic heterocycles. The summed E-state index contributed by atoms with van der Waals surface area (Å²) in [6, 6.07) is 0. The van der Waals surface area contributed by atoms with Crippen LogP contribution in [0, 0.1) is 0 Å². The molecule has 0 unspecified atom stereocenters. The minimum absolute atomic E-state index is 0.00329. The van der Waals surface area contributed by atoms with E-state index >= 15 is 0 Å². The van der Waals surface area contributed by atoms with Crippen LogP contribution in [0.15, 0.2) is 9.59 Å². The van der Waals surface area contributed by atoms with Crippen LogP contribution in [0.5, 0.6) is 0 Å². The van der Waals surface area contributed by atoms with Crippen molar-refractivity contribution in [3.63, 3.8) is 0 Å². The summed E-state index contributed by atoms with van der Waals surface area (Å²) in [4.78, 5) is 29.7. The van der Waals surface area contributed by atoms with Gasteiger partial charge in [0, 0.05) is 7.05 Å². The third-order valence-electron chi connectivity index (χ3n) is 2.32. The third kappa shape index (κ3) is 1.37. The first-order valence-electron chi connectivity index (χ1n) is 4.80. The largest absolute Gasteiger partial charge is 0.369 e. The van der Waals surface area contributed by atoms with Gasteiger partial charge in [-0.3, -0.25) is 14.6 Å². The predicted octanol–water partition coefficient (Wildman–Crippen LogP) is -0.839. The Kier molecular flexibility index (Phi) is 2.22. The van der Waals surface area contributed by atoms with Crippen molar-refractivity contribution >= 4 is 17.0 Å². The maximum absolute atomic E-state index is 11.9. The van der Waals surface area contributed by atoms with Gasteiger partial charge in [0.05, 0.1) is 0 Å². The van der Waals surface area contributed by atoms with Crippen molar-refractivity contribution in [2.75, 3.05) is 5.73 Å². The van der Waals surface area contributed by atoms with Crippen molar-refractivity contribution in [3.8, 4) is 0 Å². The van der Waals surface area contributed by atoms with Gasteiger partial charge in [0.1, 0.15) is 11.1 Å². The quantitative estimate of drug-likeness (QED) is 0.653. The summed E-state index contributed by atoms with van der Waals surface area (Å²) in [5.41, 5.74) is 5.03. The number of nitrogens with two attached hydrogens (primary N) is 1. The molecule has 0 radical (unpaired) electrons. The van der Waals surface area contributed by atoms with E-state index in [1.165, 1.54) is 4.68 Å². The van der Waals surface area contributed by atoms with E-state index in [0.29, 0.717) is 12.1 Å². The number of nitrogen functional groups attached to an aromatic ring is 1. The lowest BCUT2D eigenvalue weighted by atomic mass is 10.2. The smallest absolute Gasteiger partial charge is 0.265 e. The Morgan fingerprint density at radius 1 is 1.44 bits per heavy atom. The number of rotatable bonds is 1. The van der Waals surface area contributed by atoms with Crippen LogP contribution < -0.4 is 16.7 Å². The Hall–Kier alpha value is -2.18. The molecule has 2 aromatic heterocycles. The standard InChI is InChI=1S/C9H11N5O2/c1-3-4-6(15)5-7(14(2)13-4)11-9(10)12-8(5)16/h3H2,1-2H3,(H3,10,11,12,16). The van der Waals surface area contributed by atoms with Crippen LogP contribution in [-0.2, 0) is 13.5 Å². The average Bonchev–Trinajstić information content (AvgIpc) is 2.22. The molecule has 0 atom stereocenters. The van der Waals surface area contributed by atoms with Crippen LogP contribution in [0.2, 0.25) is 0 Å². The number of hydrogen-bond acceptors (Lipinski definition) is 5. The molecule has 3 N–H and O–H groups in total. The zero-order valence-corrected chi connectivity index (χ0v) is 8.94. The van der Waals surface area contributed by atoms with Crippen molar-refractivity contribution in [1.82, 2.24) is 19.7 Å². The number of aryl methyl sites for hydroxylation is 2. The molecule has 0 amide bonds. The van der Waals surface area contributed by atoms with Crippen LogP contribution >= 0.6 is 0 Å². The topological polar surface area (TPSA) is 107 Å². The van der Waals surface area contributed by atoms with E-state index in [1.54, 1.807) is 14.0 Å². The number of anilines is 1. The second-order valence-corrected chi connectivity index (χ2v) is 3.40. The summed E-state index contributed by atoms with van der Waals surface area (Å²) in [5.74, 6) is -0.0291. The van der Waals surface area contributed by atoms with Crippen molar-refractivity contribution in [1.29, 1.82) is 0 Å². The molecule has 0 aromatic carbocycles. The number of aromatic nitrogens is 4. The van der Waals surface area contributed by atoms with E-state index in [-0.39, 0.29) is 22.4 Å². The van der Waals surface area contributed by atoms with Gasteiger partial charge in [-0.15, -0.1) is 0 Å². The fourth-order valence-corrected chi connectivity index (χ4v) is 1.57. The van der Waals surface area contributed by atoms with E-state index < -0.39 is 5.56 Å². The lowest BCUT2D eigenvalue weighted by Crippen LogP contribution is -2.26. The van der Waals surface area contributed by atoms with Gasteiger partial charge in [-0.05, 0) is 6.42 Å². The molecule has 7 nitrogen and oxygen atoms in total. The highest BCUT2D eigenvalue weighted by Gasteiger charge is 2.12. The third-order valence-corrected chi connectivity index (χ3v) is 2.32. The highest BCUT2D eigenvalue weighted by Crippen LogP contribution is 2.02. The average molecular weight is 221 g/mol. The highest BCUT2D eigenvalue weighted by molar-refractivity contribution is 5.74. The van der Waals surface area contributed by atoms with E-state index in [0.717, 1.165) is 0 Å². The molecule has 7 heteroatoms. The maximum atomic E-state index is 11.9. The normalized spacial score (nSPS) is 10.9. The molecule has 16 heavy (non-hydrogen) atoms. The van der Waals surface area contributed by atoms with Crippen molar-refractivity contribution in [2.24, 2.45) is 7.05 Å². The molecule has 2 heterocycles. The fourth-order valence-electron chi connectivity index (χ4n) is 1.57. The van der Waals surface area contributed by atoms with Crippen LogP contribution in [0.25, 0.3) is 11.0 Å². The van der Waals surface area contributed by atoms with Gasteiger partial charge >= 0.3 is 0 Å². The molecule has 0 saturated heterocycles. The van der Waals surface area contributed by atoms with E-state index in [4.69, 9.17) is 5.73 Å². The van der Waals surface area contributed by atoms with Crippen molar-refractivity contribution < 1.29 is 0 Å². The summed E-state index contributed by atoms with van der Waals surface area (Å²) in [5, 5.41) is 4.04. The van der Waals surface area contributed by atoms with Gasteiger partial charge in [0.2, 0.25) is 11.4 Å². The Morgan fingerprint density at radius 3 is 2.75 bits per heavy atom. The number of H-pyrrole nitrogens is 1. The fraction of sp³-hybridized carbons (Fsp3) is 0.333. The molecule has 84 valence electrons. The molecule has 2 rings (SSSR count). The Balaban J connectivity index is 3.08. The van der Waals surface area contributed by atoms with Crippen LogP contribution in [-0.4, -0.2) is 19.7 Å². The number of nitrogens with one attached hydrogen (secondary N) is 1. The molecule has 2 aromatic rings. The van der Waals surface area contributed by atoms with E-state index in [9.17, 15) is 9.59 Å². The molecule has 0 fully saturated rings. The minimum atomic E-state index is -0.528. The molecular formula is C9H11N5O2. The van der Waals surface area contributed by atoms with Gasteiger partial charge in [0.25, 0.3) is 5.56 Å². The van der Waals surface area contributed by atoms with E-state index in [2.05, 4.69) is 15.1 Å². The monoisotopic (exact) mass is 221 g/mol. The lowest BCUT2D eigenvalue weighted by Gasteiger charge is -2.05. The van der Waals surface area contributed by atoms with Crippen LogP contribution in [0.1, 0.15) is 12.6 Å². The molecule has 0 bridgehead atoms. The minimum Gasteiger partial charge on any atom is -0.369 e. The summed E-state index contributed by atoms with van der Waals surface area (Å²) in [6.07, 6.45) is 0.465. The Morgan fingerprint density at radius 2 is 2.12 bits per heavy atom. The summed E-state index contributed by atoms with van der Waals surface area (Å²) in [7, 11) is 1.62. The first-order chi connectivity index (χ1) is 7.54. The second-order valence-electron chi connectivity index (χ2n) is 3.40. The molecule has 0 aliphatic rings. The second kappa shape index (κ2) is 3.44. The number of aromatic amines is 1. The van der Waals surface area contributed by atoms with E-state index in [1.807, 2.05) is 0 Å². The molecule has 0 aliphatic carbocycles. The number of fused-ring (bicyclic) bond motifs is 1.